The Kier molecular flexibility index (Phi) is 7.42. The van der Waals surface area contributed by atoms with Crippen LogP contribution >= 0.6 is 0 Å². The highest BCUT2D eigenvalue weighted by Gasteiger charge is 2.32. The Morgan fingerprint density at radius 1 is 1.11 bits per heavy atom. The molecule has 2 rings (SSSR count). The van der Waals surface area contributed by atoms with Gasteiger partial charge in [-0.05, 0) is 63.8 Å². The fourth-order valence-electron chi connectivity index (χ4n) is 3.22. The van der Waals surface area contributed by atoms with Crippen molar-refractivity contribution in [1.29, 1.82) is 0 Å². The molecule has 1 saturated heterocycles. The van der Waals surface area contributed by atoms with Crippen molar-refractivity contribution in [2.75, 3.05) is 13.1 Å². The van der Waals surface area contributed by atoms with Crippen LogP contribution in [0.5, 0.6) is 0 Å². The molecule has 152 valence electrons. The molecule has 0 aromatic heterocycles. The maximum absolute atomic E-state index is 12.9. The van der Waals surface area contributed by atoms with Gasteiger partial charge in [0.15, 0.2) is 0 Å². The summed E-state index contributed by atoms with van der Waals surface area (Å²) in [6.45, 7) is 10.7. The summed E-state index contributed by atoms with van der Waals surface area (Å²) in [7, 11) is -3.59. The first-order valence-corrected chi connectivity index (χ1v) is 11.1. The van der Waals surface area contributed by atoms with Crippen LogP contribution in [-0.4, -0.2) is 50.0 Å². The maximum Gasteiger partial charge on any atom is 0.251 e. The van der Waals surface area contributed by atoms with Crippen molar-refractivity contribution in [1.82, 2.24) is 9.62 Å². The molecule has 1 amide bonds. The van der Waals surface area contributed by atoms with Gasteiger partial charge in [-0.2, -0.15) is 4.31 Å². The minimum atomic E-state index is -3.59. The van der Waals surface area contributed by atoms with Crippen LogP contribution in [0.1, 0.15) is 57.8 Å². The smallest absolute Gasteiger partial charge is 0.251 e. The first-order valence-electron chi connectivity index (χ1n) is 9.66. The summed E-state index contributed by atoms with van der Waals surface area (Å²) in [5, 5.41) is 2.97. The number of hydrogen-bond acceptors (Lipinski definition) is 4. The molecule has 1 aliphatic heterocycles. The van der Waals surface area contributed by atoms with Crippen LogP contribution in [0, 0.1) is 5.92 Å². The van der Waals surface area contributed by atoms with E-state index in [-0.39, 0.29) is 29.1 Å². The second-order valence-electron chi connectivity index (χ2n) is 7.95. The van der Waals surface area contributed by atoms with E-state index in [0.717, 1.165) is 12.8 Å². The highest BCUT2D eigenvalue weighted by atomic mass is 32.2. The summed E-state index contributed by atoms with van der Waals surface area (Å²) in [5.74, 6) is 0.420. The van der Waals surface area contributed by atoms with Crippen molar-refractivity contribution >= 4 is 15.9 Å². The van der Waals surface area contributed by atoms with Crippen molar-refractivity contribution in [3.63, 3.8) is 0 Å². The Morgan fingerprint density at radius 3 is 2.19 bits per heavy atom. The lowest BCUT2D eigenvalue weighted by atomic mass is 10.0. The molecule has 3 atom stereocenters. The lowest BCUT2D eigenvalue weighted by molar-refractivity contribution is -0.0440. The Labute approximate surface area is 163 Å². The summed E-state index contributed by atoms with van der Waals surface area (Å²) in [6.07, 6.45) is 1.69. The number of nitrogens with zero attached hydrogens (tertiary/aromatic N) is 1. The second-order valence-corrected chi connectivity index (χ2v) is 9.89. The first kappa shape index (κ1) is 21.9. The summed E-state index contributed by atoms with van der Waals surface area (Å²) in [5.41, 5.74) is 0.467. The van der Waals surface area contributed by atoms with Gasteiger partial charge in [0.25, 0.3) is 5.91 Å². The number of amides is 1. The van der Waals surface area contributed by atoms with E-state index in [1.165, 1.54) is 16.4 Å². The minimum absolute atomic E-state index is 0.0830. The van der Waals surface area contributed by atoms with Gasteiger partial charge in [-0.15, -0.1) is 0 Å². The van der Waals surface area contributed by atoms with Gasteiger partial charge < -0.3 is 10.1 Å². The molecule has 0 radical (unpaired) electrons. The van der Waals surface area contributed by atoms with Crippen LogP contribution < -0.4 is 5.32 Å². The molecule has 1 fully saturated rings. The average molecular weight is 397 g/mol. The van der Waals surface area contributed by atoms with Gasteiger partial charge in [-0.1, -0.05) is 13.8 Å². The molecule has 6 nitrogen and oxygen atoms in total. The first-order chi connectivity index (χ1) is 12.6. The molecule has 7 heteroatoms. The monoisotopic (exact) mass is 396 g/mol. The maximum atomic E-state index is 12.9. The molecule has 1 aromatic rings. The van der Waals surface area contributed by atoms with Crippen LogP contribution in [-0.2, 0) is 14.8 Å². The van der Waals surface area contributed by atoms with Gasteiger partial charge >= 0.3 is 0 Å². The van der Waals surface area contributed by atoms with Gasteiger partial charge in [-0.3, -0.25) is 4.79 Å². The van der Waals surface area contributed by atoms with E-state index in [2.05, 4.69) is 19.2 Å². The highest BCUT2D eigenvalue weighted by Crippen LogP contribution is 2.21. The Hall–Kier alpha value is -1.44. The average Bonchev–Trinajstić information content (AvgIpc) is 2.59. The number of carbonyl (C=O) groups is 1. The van der Waals surface area contributed by atoms with Gasteiger partial charge in [0, 0.05) is 24.7 Å². The van der Waals surface area contributed by atoms with Gasteiger partial charge in [-0.25, -0.2) is 8.42 Å². The zero-order valence-electron chi connectivity index (χ0n) is 16.9. The lowest BCUT2D eigenvalue weighted by Gasteiger charge is -2.34. The number of sulfonamides is 1. The third-order valence-corrected chi connectivity index (χ3v) is 6.54. The van der Waals surface area contributed by atoms with Gasteiger partial charge in [0.1, 0.15) is 0 Å². The van der Waals surface area contributed by atoms with Crippen molar-refractivity contribution in [3.05, 3.63) is 29.8 Å². The normalized spacial score (nSPS) is 22.6. The Morgan fingerprint density at radius 2 is 1.67 bits per heavy atom. The molecule has 1 heterocycles. The second kappa shape index (κ2) is 9.17. The van der Waals surface area contributed by atoms with E-state index >= 15 is 0 Å². The number of morpholine rings is 1. The molecule has 1 aliphatic rings. The third kappa shape index (κ3) is 6.02. The zero-order chi connectivity index (χ0) is 20.2. The summed E-state index contributed by atoms with van der Waals surface area (Å²) in [4.78, 5) is 12.6. The molecule has 1 aromatic carbocycles. The molecule has 0 spiro atoms. The molecule has 0 aliphatic carbocycles. The number of nitrogens with one attached hydrogen (secondary N) is 1. The van der Waals surface area contributed by atoms with E-state index in [4.69, 9.17) is 4.74 Å². The molecular weight excluding hydrogens is 364 g/mol. The van der Waals surface area contributed by atoms with E-state index in [9.17, 15) is 13.2 Å². The molecular formula is C20H32N2O4S. The Balaban J connectivity index is 2.04. The van der Waals surface area contributed by atoms with Crippen molar-refractivity contribution < 1.29 is 17.9 Å². The topological polar surface area (TPSA) is 75.7 Å². The number of ether oxygens (including phenoxy) is 1. The van der Waals surface area contributed by atoms with Crippen LogP contribution in [0.4, 0.5) is 0 Å². The number of benzene rings is 1. The fourth-order valence-corrected chi connectivity index (χ4v) is 4.81. The largest absolute Gasteiger partial charge is 0.373 e. The molecule has 3 unspecified atom stereocenters. The minimum Gasteiger partial charge on any atom is -0.373 e. The molecule has 1 N–H and O–H groups in total. The van der Waals surface area contributed by atoms with E-state index < -0.39 is 10.0 Å². The molecule has 27 heavy (non-hydrogen) atoms. The standard InChI is InChI=1S/C20H32N2O4S/c1-14(2)6-7-15(3)21-20(23)18-8-10-19(11-9-18)27(24,25)22-12-16(4)26-17(5)13-22/h8-11,14-17H,6-7,12-13H2,1-5H3,(H,21,23). The van der Waals surface area contributed by atoms with Crippen LogP contribution in [0.15, 0.2) is 29.2 Å². The fraction of sp³-hybridized carbons (Fsp3) is 0.650. The SMILES string of the molecule is CC(C)CCC(C)NC(=O)c1ccc(S(=O)(=O)N2CC(C)OC(C)C2)cc1. The Bertz CT molecular complexity index is 721. The molecule has 0 saturated carbocycles. The van der Waals surface area contributed by atoms with Crippen molar-refractivity contribution in [2.45, 2.75) is 70.6 Å². The summed E-state index contributed by atoms with van der Waals surface area (Å²) >= 11 is 0. The van der Waals surface area contributed by atoms with E-state index in [0.29, 0.717) is 24.6 Å². The van der Waals surface area contributed by atoms with Crippen molar-refractivity contribution in [3.8, 4) is 0 Å². The molecule has 0 bridgehead atoms. The zero-order valence-corrected chi connectivity index (χ0v) is 17.8. The quantitative estimate of drug-likeness (QED) is 0.769. The van der Waals surface area contributed by atoms with Crippen LogP contribution in [0.25, 0.3) is 0 Å². The predicted octanol–water partition coefficient (Wildman–Crippen LogP) is 3.04. The predicted molar refractivity (Wildman–Crippen MR) is 106 cm³/mol. The van der Waals surface area contributed by atoms with Crippen LogP contribution in [0.3, 0.4) is 0 Å². The highest BCUT2D eigenvalue weighted by molar-refractivity contribution is 7.89. The number of rotatable bonds is 7. The lowest BCUT2D eigenvalue weighted by Crippen LogP contribution is -2.48. The van der Waals surface area contributed by atoms with E-state index in [1.54, 1.807) is 12.1 Å². The number of carbonyl (C=O) groups excluding carboxylic acids is 1. The van der Waals surface area contributed by atoms with Crippen molar-refractivity contribution in [2.24, 2.45) is 5.92 Å². The summed E-state index contributed by atoms with van der Waals surface area (Å²) < 4.78 is 32.8. The summed E-state index contributed by atoms with van der Waals surface area (Å²) in [6, 6.07) is 6.25. The van der Waals surface area contributed by atoms with Gasteiger partial charge in [0.05, 0.1) is 17.1 Å². The van der Waals surface area contributed by atoms with E-state index in [1.807, 2.05) is 20.8 Å². The van der Waals surface area contributed by atoms with Gasteiger partial charge in [0.2, 0.25) is 10.0 Å². The number of hydrogen-bond donors (Lipinski definition) is 1. The van der Waals surface area contributed by atoms with Crippen LogP contribution in [0.2, 0.25) is 0 Å². The third-order valence-electron chi connectivity index (χ3n) is 4.69.